The highest BCUT2D eigenvalue weighted by molar-refractivity contribution is 6.07. The van der Waals surface area contributed by atoms with Crippen molar-refractivity contribution in [3.05, 3.63) is 64.9 Å². The van der Waals surface area contributed by atoms with E-state index in [1.807, 2.05) is 32.0 Å². The van der Waals surface area contributed by atoms with Gasteiger partial charge in [-0.2, -0.15) is 0 Å². The first-order chi connectivity index (χ1) is 10.5. The van der Waals surface area contributed by atoms with Gasteiger partial charge < -0.3 is 10.3 Å². The average Bonchev–Trinajstić information content (AvgIpc) is 2.79. The van der Waals surface area contributed by atoms with Crippen LogP contribution in [0.15, 0.2) is 36.4 Å². The molecular formula is C17H14F2N2O. The van der Waals surface area contributed by atoms with Crippen LogP contribution < -0.4 is 5.32 Å². The number of aromatic amines is 1. The van der Waals surface area contributed by atoms with Crippen LogP contribution in [0.3, 0.4) is 0 Å². The van der Waals surface area contributed by atoms with E-state index in [0.29, 0.717) is 5.69 Å². The fourth-order valence-electron chi connectivity index (χ4n) is 2.45. The third-order valence-electron chi connectivity index (χ3n) is 3.62. The minimum absolute atomic E-state index is 0.207. The van der Waals surface area contributed by atoms with Crippen LogP contribution in [0, 0.1) is 25.5 Å². The van der Waals surface area contributed by atoms with Crippen molar-refractivity contribution in [2.75, 3.05) is 5.32 Å². The molecule has 3 aromatic rings. The summed E-state index contributed by atoms with van der Waals surface area (Å²) in [7, 11) is 0. The van der Waals surface area contributed by atoms with Gasteiger partial charge in [-0.1, -0.05) is 12.1 Å². The Balaban J connectivity index is 1.94. The second-order valence-corrected chi connectivity index (χ2v) is 5.26. The highest BCUT2D eigenvalue weighted by Gasteiger charge is 2.15. The fraction of sp³-hybridized carbons (Fsp3) is 0.118. The van der Waals surface area contributed by atoms with Crippen LogP contribution in [0.25, 0.3) is 10.9 Å². The lowest BCUT2D eigenvalue weighted by Crippen LogP contribution is -2.13. The molecule has 0 radical (unpaired) electrons. The van der Waals surface area contributed by atoms with Crippen molar-refractivity contribution in [2.24, 2.45) is 0 Å². The number of halogens is 2. The Morgan fingerprint density at radius 1 is 1.05 bits per heavy atom. The predicted molar refractivity (Wildman–Crippen MR) is 82.1 cm³/mol. The molecule has 1 amide bonds. The van der Waals surface area contributed by atoms with Crippen molar-refractivity contribution in [1.82, 2.24) is 4.98 Å². The van der Waals surface area contributed by atoms with E-state index in [0.717, 1.165) is 34.2 Å². The molecule has 0 bridgehead atoms. The maximum absolute atomic E-state index is 13.2. The Kier molecular flexibility index (Phi) is 3.41. The smallest absolute Gasteiger partial charge is 0.272 e. The minimum Gasteiger partial charge on any atom is -0.350 e. The van der Waals surface area contributed by atoms with E-state index < -0.39 is 17.5 Å². The molecule has 0 saturated carbocycles. The van der Waals surface area contributed by atoms with Crippen LogP contribution in [0.1, 0.15) is 21.6 Å². The molecule has 2 aromatic carbocycles. The number of hydrogen-bond acceptors (Lipinski definition) is 1. The standard InChI is InChI=1S/C17H14F2N2O/c1-9-3-5-12-10(2)16(21-15(12)7-9)17(22)20-11-4-6-13(18)14(19)8-11/h3-8,21H,1-2H3,(H,20,22). The first-order valence-corrected chi connectivity index (χ1v) is 6.81. The summed E-state index contributed by atoms with van der Waals surface area (Å²) in [4.78, 5) is 15.4. The number of hydrogen-bond donors (Lipinski definition) is 2. The molecule has 1 heterocycles. The molecule has 22 heavy (non-hydrogen) atoms. The number of benzene rings is 2. The normalized spacial score (nSPS) is 10.9. The van der Waals surface area contributed by atoms with Gasteiger partial charge in [0.15, 0.2) is 11.6 Å². The van der Waals surface area contributed by atoms with E-state index in [1.54, 1.807) is 0 Å². The Morgan fingerprint density at radius 2 is 1.82 bits per heavy atom. The van der Waals surface area contributed by atoms with E-state index >= 15 is 0 Å². The molecule has 112 valence electrons. The van der Waals surface area contributed by atoms with E-state index in [1.165, 1.54) is 6.07 Å². The Labute approximate surface area is 126 Å². The molecule has 0 aliphatic rings. The van der Waals surface area contributed by atoms with Crippen molar-refractivity contribution < 1.29 is 13.6 Å². The zero-order valence-electron chi connectivity index (χ0n) is 12.1. The van der Waals surface area contributed by atoms with Crippen molar-refractivity contribution in [3.63, 3.8) is 0 Å². The topological polar surface area (TPSA) is 44.9 Å². The SMILES string of the molecule is Cc1ccc2c(C)c(C(=O)Nc3ccc(F)c(F)c3)[nH]c2c1. The molecule has 0 atom stereocenters. The lowest BCUT2D eigenvalue weighted by Gasteiger charge is -2.05. The summed E-state index contributed by atoms with van der Waals surface area (Å²) < 4.78 is 26.1. The van der Waals surface area contributed by atoms with Gasteiger partial charge in [0.25, 0.3) is 5.91 Å². The Bertz CT molecular complexity index is 884. The van der Waals surface area contributed by atoms with Gasteiger partial charge in [0.1, 0.15) is 5.69 Å². The number of aryl methyl sites for hydroxylation is 2. The molecule has 3 rings (SSSR count). The summed E-state index contributed by atoms with van der Waals surface area (Å²) in [5.74, 6) is -2.34. The van der Waals surface area contributed by atoms with Crippen LogP contribution in [-0.2, 0) is 0 Å². The predicted octanol–water partition coefficient (Wildman–Crippen LogP) is 4.32. The number of carbonyl (C=O) groups is 1. The summed E-state index contributed by atoms with van der Waals surface area (Å²) in [5, 5.41) is 3.53. The first-order valence-electron chi connectivity index (χ1n) is 6.81. The number of anilines is 1. The van der Waals surface area contributed by atoms with Crippen LogP contribution in [0.2, 0.25) is 0 Å². The average molecular weight is 300 g/mol. The van der Waals surface area contributed by atoms with Gasteiger partial charge >= 0.3 is 0 Å². The molecule has 1 aromatic heterocycles. The second kappa shape index (κ2) is 5.26. The van der Waals surface area contributed by atoms with Gasteiger partial charge in [0.05, 0.1) is 0 Å². The first kappa shape index (κ1) is 14.3. The Hall–Kier alpha value is -2.69. The van der Waals surface area contributed by atoms with Gasteiger partial charge in [-0.05, 0) is 43.2 Å². The zero-order valence-corrected chi connectivity index (χ0v) is 12.1. The van der Waals surface area contributed by atoms with Crippen molar-refractivity contribution in [2.45, 2.75) is 13.8 Å². The van der Waals surface area contributed by atoms with E-state index in [2.05, 4.69) is 10.3 Å². The van der Waals surface area contributed by atoms with Crippen LogP contribution in [0.4, 0.5) is 14.5 Å². The fourth-order valence-corrected chi connectivity index (χ4v) is 2.45. The highest BCUT2D eigenvalue weighted by Crippen LogP contribution is 2.23. The van der Waals surface area contributed by atoms with Crippen LogP contribution >= 0.6 is 0 Å². The monoisotopic (exact) mass is 300 g/mol. The van der Waals surface area contributed by atoms with Gasteiger partial charge in [-0.3, -0.25) is 4.79 Å². The lowest BCUT2D eigenvalue weighted by atomic mass is 10.1. The number of carbonyl (C=O) groups excluding carboxylic acids is 1. The van der Waals surface area contributed by atoms with Gasteiger partial charge in [-0.25, -0.2) is 8.78 Å². The molecule has 2 N–H and O–H groups in total. The highest BCUT2D eigenvalue weighted by atomic mass is 19.2. The third kappa shape index (κ3) is 2.45. The van der Waals surface area contributed by atoms with Crippen molar-refractivity contribution >= 4 is 22.5 Å². The molecule has 5 heteroatoms. The molecule has 0 fully saturated rings. The number of rotatable bonds is 2. The van der Waals surface area contributed by atoms with Crippen LogP contribution in [0.5, 0.6) is 0 Å². The molecule has 0 unspecified atom stereocenters. The number of H-pyrrole nitrogens is 1. The third-order valence-corrected chi connectivity index (χ3v) is 3.62. The zero-order chi connectivity index (χ0) is 15.9. The van der Waals surface area contributed by atoms with Gasteiger partial charge in [-0.15, -0.1) is 0 Å². The van der Waals surface area contributed by atoms with E-state index in [-0.39, 0.29) is 5.69 Å². The number of aromatic nitrogens is 1. The summed E-state index contributed by atoms with van der Waals surface area (Å²) in [6, 6.07) is 9.13. The number of fused-ring (bicyclic) bond motifs is 1. The van der Waals surface area contributed by atoms with Gasteiger partial charge in [0.2, 0.25) is 0 Å². The number of nitrogens with one attached hydrogen (secondary N) is 2. The van der Waals surface area contributed by atoms with E-state index in [4.69, 9.17) is 0 Å². The van der Waals surface area contributed by atoms with E-state index in [9.17, 15) is 13.6 Å². The largest absolute Gasteiger partial charge is 0.350 e. The quantitative estimate of drug-likeness (QED) is 0.727. The summed E-state index contributed by atoms with van der Waals surface area (Å²) >= 11 is 0. The summed E-state index contributed by atoms with van der Waals surface area (Å²) in [6.07, 6.45) is 0. The number of amides is 1. The molecule has 3 nitrogen and oxygen atoms in total. The second-order valence-electron chi connectivity index (χ2n) is 5.26. The van der Waals surface area contributed by atoms with Crippen LogP contribution in [-0.4, -0.2) is 10.9 Å². The summed E-state index contributed by atoms with van der Waals surface area (Å²) in [6.45, 7) is 3.81. The maximum atomic E-state index is 13.2. The molecule has 0 aliphatic carbocycles. The van der Waals surface area contributed by atoms with Crippen molar-refractivity contribution in [3.8, 4) is 0 Å². The minimum atomic E-state index is -0.998. The van der Waals surface area contributed by atoms with Crippen molar-refractivity contribution in [1.29, 1.82) is 0 Å². The molecule has 0 spiro atoms. The molecule has 0 aliphatic heterocycles. The molecular weight excluding hydrogens is 286 g/mol. The molecule has 0 saturated heterocycles. The Morgan fingerprint density at radius 3 is 2.55 bits per heavy atom. The maximum Gasteiger partial charge on any atom is 0.272 e. The van der Waals surface area contributed by atoms with Gasteiger partial charge in [0, 0.05) is 22.7 Å². The summed E-state index contributed by atoms with van der Waals surface area (Å²) in [5.41, 5.74) is 3.38. The lowest BCUT2D eigenvalue weighted by molar-refractivity contribution is 0.102.